The zero-order chi connectivity index (χ0) is 21.5. The van der Waals surface area contributed by atoms with E-state index >= 15 is 0 Å². The second kappa shape index (κ2) is 7.06. The van der Waals surface area contributed by atoms with Crippen LogP contribution in [0, 0.1) is 17.1 Å². The lowest BCUT2D eigenvalue weighted by Gasteiger charge is -2.06. The molecule has 31 heavy (non-hydrogen) atoms. The highest BCUT2D eigenvalue weighted by molar-refractivity contribution is 5.60. The first-order valence-electron chi connectivity index (χ1n) is 9.29. The van der Waals surface area contributed by atoms with Gasteiger partial charge in [0.25, 0.3) is 5.62 Å². The number of nitrogens with zero attached hydrogens (tertiary/aromatic N) is 6. The molecule has 3 aromatic heterocycles. The Hall–Kier alpha value is -4.53. The van der Waals surface area contributed by atoms with Crippen LogP contribution in [0.15, 0.2) is 34.2 Å². The molecule has 1 aromatic carbocycles. The Morgan fingerprint density at radius 3 is 2.87 bits per heavy atom. The smallest absolute Gasteiger partial charge is 0.326 e. The molecule has 154 valence electrons. The highest BCUT2D eigenvalue weighted by Gasteiger charge is 2.21. The molecule has 0 atom stereocenters. The Balaban J connectivity index is 1.67. The number of H-pyrrole nitrogens is 2. The fraction of sp³-hybridized carbons (Fsp3) is 0.158. The molecule has 5 rings (SSSR count). The number of anilines is 2. The predicted molar refractivity (Wildman–Crippen MR) is 106 cm³/mol. The average Bonchev–Trinajstić information content (AvgIpc) is 3.36. The second-order valence-electron chi connectivity index (χ2n) is 6.99. The summed E-state index contributed by atoms with van der Waals surface area (Å²) in [7, 11) is 0. The zero-order valence-electron chi connectivity index (χ0n) is 15.8. The van der Waals surface area contributed by atoms with E-state index in [1.165, 1.54) is 28.9 Å². The monoisotopic (exact) mass is 419 g/mol. The van der Waals surface area contributed by atoms with Crippen molar-refractivity contribution in [2.24, 2.45) is 4.99 Å². The van der Waals surface area contributed by atoms with E-state index in [0.717, 1.165) is 18.9 Å². The summed E-state index contributed by atoms with van der Waals surface area (Å²) in [6, 6.07) is 5.86. The number of hydrogen-bond acceptors (Lipinski definition) is 8. The third kappa shape index (κ3) is 3.71. The third-order valence-electron chi connectivity index (χ3n) is 4.54. The predicted octanol–water partition coefficient (Wildman–Crippen LogP) is 0.211. The number of halogens is 1. The Bertz CT molecular complexity index is 1540. The van der Waals surface area contributed by atoms with Crippen molar-refractivity contribution in [2.75, 3.05) is 5.32 Å². The van der Waals surface area contributed by atoms with Crippen LogP contribution in [0.25, 0.3) is 11.7 Å². The van der Waals surface area contributed by atoms with Gasteiger partial charge in [0.2, 0.25) is 11.8 Å². The molecule has 0 aliphatic heterocycles. The van der Waals surface area contributed by atoms with Crippen LogP contribution < -0.4 is 21.8 Å². The lowest BCUT2D eigenvalue weighted by molar-refractivity contribution is 0.454. The van der Waals surface area contributed by atoms with E-state index < -0.39 is 11.5 Å². The maximum Gasteiger partial charge on any atom is 0.326 e. The number of nitrogens with one attached hydrogen (secondary N) is 3. The van der Waals surface area contributed by atoms with Gasteiger partial charge in [0.15, 0.2) is 5.65 Å². The second-order valence-corrected chi connectivity index (χ2v) is 6.99. The van der Waals surface area contributed by atoms with Crippen LogP contribution in [0.2, 0.25) is 0 Å². The van der Waals surface area contributed by atoms with Gasteiger partial charge < -0.3 is 15.4 Å². The van der Waals surface area contributed by atoms with Crippen molar-refractivity contribution in [1.29, 1.82) is 5.26 Å². The van der Waals surface area contributed by atoms with Gasteiger partial charge in [-0.25, -0.2) is 14.2 Å². The lowest BCUT2D eigenvalue weighted by atomic mass is 10.2. The van der Waals surface area contributed by atoms with Gasteiger partial charge in [0, 0.05) is 10.9 Å². The number of nitriles is 1. The topological polar surface area (TPSA) is 160 Å². The first kappa shape index (κ1) is 18.5. The molecule has 0 radical (unpaired) electrons. The van der Waals surface area contributed by atoms with Crippen molar-refractivity contribution in [2.45, 2.75) is 18.9 Å². The molecule has 1 fully saturated rings. The molecular weight excluding hydrogens is 405 g/mol. The number of aromatic amines is 2. The summed E-state index contributed by atoms with van der Waals surface area (Å²) >= 11 is 0. The van der Waals surface area contributed by atoms with E-state index in [4.69, 9.17) is 5.26 Å². The largest absolute Gasteiger partial charge is 0.493 e. The highest BCUT2D eigenvalue weighted by Crippen LogP contribution is 2.22. The summed E-state index contributed by atoms with van der Waals surface area (Å²) in [4.78, 5) is 29.5. The Kier molecular flexibility index (Phi) is 4.21. The van der Waals surface area contributed by atoms with Crippen LogP contribution in [-0.2, 0) is 0 Å². The summed E-state index contributed by atoms with van der Waals surface area (Å²) < 4.78 is 15.2. The minimum absolute atomic E-state index is 0.128. The molecular formula is C19H14FN9O2. The van der Waals surface area contributed by atoms with E-state index in [0.29, 0.717) is 22.2 Å². The van der Waals surface area contributed by atoms with Crippen molar-refractivity contribution in [3.05, 3.63) is 62.8 Å². The van der Waals surface area contributed by atoms with Gasteiger partial charge in [-0.1, -0.05) is 0 Å². The summed E-state index contributed by atoms with van der Waals surface area (Å²) in [5.41, 5.74) is 0.722. The normalized spacial score (nSPS) is 14.8. The number of aromatic hydroxyl groups is 1. The van der Waals surface area contributed by atoms with Gasteiger partial charge in [0.05, 0.1) is 23.9 Å². The highest BCUT2D eigenvalue weighted by atomic mass is 19.1. The van der Waals surface area contributed by atoms with Gasteiger partial charge in [0.1, 0.15) is 11.5 Å². The first-order valence-corrected chi connectivity index (χ1v) is 9.29. The van der Waals surface area contributed by atoms with Gasteiger partial charge in [-0.05, 0) is 37.1 Å². The van der Waals surface area contributed by atoms with Crippen LogP contribution in [0.3, 0.4) is 0 Å². The minimum atomic E-state index is -0.573. The summed E-state index contributed by atoms with van der Waals surface area (Å²) in [5, 5.41) is 26.6. The van der Waals surface area contributed by atoms with Gasteiger partial charge in [-0.2, -0.15) is 24.8 Å². The molecule has 4 N–H and O–H groups in total. The van der Waals surface area contributed by atoms with Crippen molar-refractivity contribution < 1.29 is 9.50 Å². The minimum Gasteiger partial charge on any atom is -0.493 e. The molecule has 0 unspecified atom stereocenters. The fourth-order valence-corrected chi connectivity index (χ4v) is 2.99. The fourth-order valence-electron chi connectivity index (χ4n) is 2.99. The summed E-state index contributed by atoms with van der Waals surface area (Å²) in [6.07, 6.45) is 4.90. The van der Waals surface area contributed by atoms with Crippen LogP contribution in [0.5, 0.6) is 5.88 Å². The molecule has 3 heterocycles. The van der Waals surface area contributed by atoms with Crippen molar-refractivity contribution in [3.63, 3.8) is 0 Å². The Morgan fingerprint density at radius 2 is 2.16 bits per heavy atom. The van der Waals surface area contributed by atoms with Gasteiger partial charge in [-0.15, -0.1) is 0 Å². The number of fused-ring (bicyclic) bond motifs is 1. The lowest BCUT2D eigenvalue weighted by Crippen LogP contribution is -2.24. The number of aromatic nitrogens is 6. The molecule has 0 bridgehead atoms. The molecule has 0 spiro atoms. The molecule has 11 nitrogen and oxygen atoms in total. The quantitative estimate of drug-likeness (QED) is 0.368. The van der Waals surface area contributed by atoms with Crippen LogP contribution in [-0.4, -0.2) is 40.7 Å². The Labute approximate surface area is 172 Å². The van der Waals surface area contributed by atoms with Gasteiger partial charge in [-0.3, -0.25) is 4.98 Å². The van der Waals surface area contributed by atoms with Crippen LogP contribution >= 0.6 is 0 Å². The van der Waals surface area contributed by atoms with E-state index in [-0.39, 0.29) is 29.1 Å². The summed E-state index contributed by atoms with van der Waals surface area (Å²) in [6.45, 7) is 0. The molecule has 4 aromatic rings. The SMILES string of the molecule is N#Cc1cc(F)cc(Nc2nc(=NC3CC3)n3ncc(=Cc4[nH]c(=O)[nH]c4O)c3n2)c1. The Morgan fingerprint density at radius 1 is 1.32 bits per heavy atom. The molecule has 1 aliphatic rings. The number of benzene rings is 1. The van der Waals surface area contributed by atoms with E-state index in [9.17, 15) is 14.3 Å². The first-order chi connectivity index (χ1) is 15.0. The van der Waals surface area contributed by atoms with Crippen LogP contribution in [0.4, 0.5) is 16.0 Å². The standard InChI is InChI=1S/C19H14FN9O2/c20-11-3-9(7-21)4-13(6-11)23-17-26-15-10(5-14-16(30)27-19(31)25-14)8-22-29(15)18(28-17)24-12-1-2-12/h3-6,8,12,30H,1-2H2,(H,23,24,28)(H2,25,27,31). The maximum absolute atomic E-state index is 13.8. The number of rotatable bonds is 4. The van der Waals surface area contributed by atoms with Crippen molar-refractivity contribution in [1.82, 2.24) is 29.5 Å². The molecule has 1 aliphatic carbocycles. The summed E-state index contributed by atoms with van der Waals surface area (Å²) in [5.74, 6) is -0.762. The average molecular weight is 419 g/mol. The molecule has 12 heteroatoms. The van der Waals surface area contributed by atoms with Crippen molar-refractivity contribution >= 4 is 23.4 Å². The molecule has 1 saturated carbocycles. The zero-order valence-corrected chi connectivity index (χ0v) is 15.8. The molecule has 0 saturated heterocycles. The molecule has 0 amide bonds. The van der Waals surface area contributed by atoms with Crippen molar-refractivity contribution in [3.8, 4) is 11.9 Å². The maximum atomic E-state index is 13.8. The van der Waals surface area contributed by atoms with Gasteiger partial charge >= 0.3 is 5.69 Å². The van der Waals surface area contributed by atoms with E-state index in [1.807, 2.05) is 6.07 Å². The number of imidazole rings is 1. The van der Waals surface area contributed by atoms with E-state index in [1.54, 1.807) is 0 Å². The van der Waals surface area contributed by atoms with E-state index in [2.05, 4.69) is 35.3 Å². The third-order valence-corrected chi connectivity index (χ3v) is 4.54. The number of hydrogen-bond donors (Lipinski definition) is 4. The van der Waals surface area contributed by atoms with Crippen LogP contribution in [0.1, 0.15) is 24.1 Å².